The number of amides is 1. The highest BCUT2D eigenvalue weighted by Crippen LogP contribution is 2.42. The molecule has 178 valence electrons. The van der Waals surface area contributed by atoms with Gasteiger partial charge >= 0.3 is 0 Å². The molecule has 1 fully saturated rings. The minimum absolute atomic E-state index is 0.0223. The predicted molar refractivity (Wildman–Crippen MR) is 131 cm³/mol. The third-order valence-corrected chi connectivity index (χ3v) is 7.42. The number of carbonyl (C=O) groups is 1. The zero-order valence-corrected chi connectivity index (χ0v) is 20.2. The summed E-state index contributed by atoms with van der Waals surface area (Å²) >= 11 is 0. The first-order valence-electron chi connectivity index (χ1n) is 12.4. The summed E-state index contributed by atoms with van der Waals surface area (Å²) in [5.41, 5.74) is 2.02. The number of fused-ring (bicyclic) bond motifs is 1. The first-order valence-corrected chi connectivity index (χ1v) is 12.4. The van der Waals surface area contributed by atoms with Crippen molar-refractivity contribution in [2.75, 3.05) is 19.6 Å². The maximum atomic E-state index is 13.1. The standard InChI is InChI=1S/C27H37N3O3/c1-4-14-28(19-27(12-8-9-13-27)21-10-6-5-7-11-21)18-22-17-23(31)25(32)24-26(33)29(20(2)3)15-16-30(22)24/h5-7,10-11,17,20,32H,4,8-9,12-16,18-19H2,1-3H3. The van der Waals surface area contributed by atoms with Crippen molar-refractivity contribution < 1.29 is 9.90 Å². The first kappa shape index (κ1) is 23.6. The topological polar surface area (TPSA) is 65.8 Å². The van der Waals surface area contributed by atoms with Crippen LogP contribution in [0.4, 0.5) is 0 Å². The smallest absolute Gasteiger partial charge is 0.274 e. The second kappa shape index (κ2) is 9.72. The molecule has 4 rings (SSSR count). The number of pyridine rings is 1. The van der Waals surface area contributed by atoms with Gasteiger partial charge in [-0.1, -0.05) is 50.1 Å². The molecule has 1 amide bonds. The van der Waals surface area contributed by atoms with Crippen LogP contribution in [0.25, 0.3) is 0 Å². The highest BCUT2D eigenvalue weighted by atomic mass is 16.3. The van der Waals surface area contributed by atoms with Crippen LogP contribution in [0.15, 0.2) is 41.2 Å². The van der Waals surface area contributed by atoms with Gasteiger partial charge in [0.2, 0.25) is 5.43 Å². The number of rotatable bonds is 8. The molecular weight excluding hydrogens is 414 g/mol. The number of aromatic hydroxyl groups is 1. The van der Waals surface area contributed by atoms with Crippen LogP contribution in [0.3, 0.4) is 0 Å². The molecular formula is C27H37N3O3. The maximum Gasteiger partial charge on any atom is 0.274 e. The summed E-state index contributed by atoms with van der Waals surface area (Å²) in [7, 11) is 0. The molecule has 1 aromatic heterocycles. The van der Waals surface area contributed by atoms with Gasteiger partial charge in [0.15, 0.2) is 11.4 Å². The Morgan fingerprint density at radius 3 is 2.42 bits per heavy atom. The van der Waals surface area contributed by atoms with Crippen molar-refractivity contribution in [2.45, 2.75) is 77.4 Å². The minimum atomic E-state index is -0.467. The Hall–Kier alpha value is -2.60. The number of hydrogen-bond acceptors (Lipinski definition) is 4. The summed E-state index contributed by atoms with van der Waals surface area (Å²) in [6.45, 7) is 9.72. The van der Waals surface area contributed by atoms with Crippen LogP contribution in [0, 0.1) is 0 Å². The first-order chi connectivity index (χ1) is 15.9. The van der Waals surface area contributed by atoms with Gasteiger partial charge in [0.05, 0.1) is 0 Å². The van der Waals surface area contributed by atoms with Gasteiger partial charge in [-0.25, -0.2) is 0 Å². The number of benzene rings is 1. The van der Waals surface area contributed by atoms with E-state index in [-0.39, 0.29) is 23.1 Å². The van der Waals surface area contributed by atoms with E-state index in [2.05, 4.69) is 42.2 Å². The van der Waals surface area contributed by atoms with E-state index >= 15 is 0 Å². The number of hydrogen-bond donors (Lipinski definition) is 1. The van der Waals surface area contributed by atoms with Crippen molar-refractivity contribution in [3.05, 3.63) is 63.6 Å². The highest BCUT2D eigenvalue weighted by Gasteiger charge is 2.37. The molecule has 0 unspecified atom stereocenters. The molecule has 1 aliphatic heterocycles. The second-order valence-corrected chi connectivity index (χ2v) is 10.0. The molecule has 0 spiro atoms. The van der Waals surface area contributed by atoms with Gasteiger partial charge in [-0.3, -0.25) is 14.5 Å². The van der Waals surface area contributed by atoms with Crippen LogP contribution in [0.2, 0.25) is 0 Å². The molecule has 6 nitrogen and oxygen atoms in total. The van der Waals surface area contributed by atoms with Crippen molar-refractivity contribution in [3.63, 3.8) is 0 Å². The Bertz CT molecular complexity index is 1040. The average Bonchev–Trinajstić information content (AvgIpc) is 3.27. The summed E-state index contributed by atoms with van der Waals surface area (Å²) in [6.07, 6.45) is 5.84. The molecule has 6 heteroatoms. The van der Waals surface area contributed by atoms with Crippen molar-refractivity contribution in [1.82, 2.24) is 14.4 Å². The summed E-state index contributed by atoms with van der Waals surface area (Å²) < 4.78 is 1.88. The van der Waals surface area contributed by atoms with Crippen LogP contribution < -0.4 is 5.43 Å². The van der Waals surface area contributed by atoms with Crippen LogP contribution in [-0.2, 0) is 18.5 Å². The number of aromatic nitrogens is 1. The molecule has 2 aromatic rings. The lowest BCUT2D eigenvalue weighted by molar-refractivity contribution is 0.0636. The lowest BCUT2D eigenvalue weighted by Gasteiger charge is -2.38. The fourth-order valence-electron chi connectivity index (χ4n) is 5.80. The molecule has 0 bridgehead atoms. The Morgan fingerprint density at radius 1 is 1.09 bits per heavy atom. The lowest BCUT2D eigenvalue weighted by Crippen LogP contribution is -2.46. The van der Waals surface area contributed by atoms with Crippen molar-refractivity contribution in [3.8, 4) is 5.75 Å². The maximum absolute atomic E-state index is 13.1. The van der Waals surface area contributed by atoms with Gasteiger partial charge in [-0.2, -0.15) is 0 Å². The molecule has 2 heterocycles. The van der Waals surface area contributed by atoms with Crippen molar-refractivity contribution in [2.24, 2.45) is 0 Å². The minimum Gasteiger partial charge on any atom is -0.503 e. The summed E-state index contributed by atoms with van der Waals surface area (Å²) in [5.74, 6) is -0.681. The third-order valence-electron chi connectivity index (χ3n) is 7.42. The van der Waals surface area contributed by atoms with Gasteiger partial charge in [0, 0.05) is 49.4 Å². The average molecular weight is 452 g/mol. The van der Waals surface area contributed by atoms with Gasteiger partial charge in [0.25, 0.3) is 5.91 Å². The fraction of sp³-hybridized carbons (Fsp3) is 0.556. The lowest BCUT2D eigenvalue weighted by atomic mass is 9.78. The zero-order chi connectivity index (χ0) is 23.6. The summed E-state index contributed by atoms with van der Waals surface area (Å²) in [4.78, 5) is 29.9. The van der Waals surface area contributed by atoms with E-state index in [0.29, 0.717) is 19.6 Å². The summed E-state index contributed by atoms with van der Waals surface area (Å²) in [6, 6.07) is 12.4. The SMILES string of the molecule is CCCN(Cc1cc(=O)c(O)c2n1CCN(C(C)C)C2=O)CC1(c2ccccc2)CCCC1. The van der Waals surface area contributed by atoms with Crippen LogP contribution in [-0.4, -0.2) is 51.1 Å². The zero-order valence-electron chi connectivity index (χ0n) is 20.2. The predicted octanol–water partition coefficient (Wildman–Crippen LogP) is 4.14. The molecule has 0 atom stereocenters. The Kier molecular flexibility index (Phi) is 6.94. The fourth-order valence-corrected chi connectivity index (χ4v) is 5.80. The monoisotopic (exact) mass is 451 g/mol. The normalized spacial score (nSPS) is 17.7. The van der Waals surface area contributed by atoms with Crippen molar-refractivity contribution >= 4 is 5.91 Å². The van der Waals surface area contributed by atoms with Gasteiger partial charge < -0.3 is 14.6 Å². The molecule has 1 aliphatic carbocycles. The van der Waals surface area contributed by atoms with E-state index in [1.54, 1.807) is 4.90 Å². The molecule has 1 saturated carbocycles. The number of carbonyl (C=O) groups excluding carboxylic acids is 1. The summed E-state index contributed by atoms with van der Waals surface area (Å²) in [5, 5.41) is 10.5. The molecule has 1 aromatic carbocycles. The van der Waals surface area contributed by atoms with Crippen LogP contribution in [0.1, 0.15) is 74.6 Å². The van der Waals surface area contributed by atoms with Gasteiger partial charge in [-0.15, -0.1) is 0 Å². The molecule has 2 aliphatic rings. The van der Waals surface area contributed by atoms with E-state index in [9.17, 15) is 14.7 Å². The Morgan fingerprint density at radius 2 is 1.79 bits per heavy atom. The van der Waals surface area contributed by atoms with E-state index in [1.807, 2.05) is 18.4 Å². The molecule has 33 heavy (non-hydrogen) atoms. The van der Waals surface area contributed by atoms with Crippen LogP contribution in [0.5, 0.6) is 5.75 Å². The van der Waals surface area contributed by atoms with E-state index < -0.39 is 11.2 Å². The third kappa shape index (κ3) is 4.58. The Balaban J connectivity index is 1.67. The number of nitrogens with zero attached hydrogens (tertiary/aromatic N) is 3. The van der Waals surface area contributed by atoms with Crippen LogP contribution >= 0.6 is 0 Å². The van der Waals surface area contributed by atoms with E-state index in [1.165, 1.54) is 37.3 Å². The molecule has 0 radical (unpaired) electrons. The van der Waals surface area contributed by atoms with Gasteiger partial charge in [-0.05, 0) is 45.2 Å². The van der Waals surface area contributed by atoms with Gasteiger partial charge in [0.1, 0.15) is 0 Å². The molecule has 0 saturated heterocycles. The quantitative estimate of drug-likeness (QED) is 0.655. The Labute approximate surface area is 196 Å². The van der Waals surface area contributed by atoms with E-state index in [4.69, 9.17) is 0 Å². The van der Waals surface area contributed by atoms with E-state index in [0.717, 1.165) is 25.2 Å². The van der Waals surface area contributed by atoms with Crippen molar-refractivity contribution in [1.29, 1.82) is 0 Å². The molecule has 1 N–H and O–H groups in total. The highest BCUT2D eigenvalue weighted by molar-refractivity contribution is 5.96. The second-order valence-electron chi connectivity index (χ2n) is 10.0. The largest absolute Gasteiger partial charge is 0.503 e.